The SMILES string of the molecule is C#CCN1CC(Oc2cc(F)c([C@@H]3c4[nH]c5ccccc5c4C[C@@H](C)N3CC(C)(C)F)c(F)c2)C1. The first-order chi connectivity index (χ1) is 16.6. The Morgan fingerprint density at radius 2 is 1.86 bits per heavy atom. The molecule has 1 saturated heterocycles. The summed E-state index contributed by atoms with van der Waals surface area (Å²) in [5, 5.41) is 1.03. The van der Waals surface area contributed by atoms with Crippen LogP contribution in [0.25, 0.3) is 10.9 Å². The number of nitrogens with one attached hydrogen (secondary N) is 1. The lowest BCUT2D eigenvalue weighted by Gasteiger charge is -2.43. The number of terminal acetylenes is 1. The van der Waals surface area contributed by atoms with Gasteiger partial charge in [-0.2, -0.15) is 0 Å². The molecule has 0 radical (unpaired) electrons. The van der Waals surface area contributed by atoms with Crippen LogP contribution < -0.4 is 4.74 Å². The molecule has 2 aliphatic rings. The number of aromatic nitrogens is 1. The van der Waals surface area contributed by atoms with Crippen LogP contribution in [-0.2, 0) is 6.42 Å². The molecule has 35 heavy (non-hydrogen) atoms. The van der Waals surface area contributed by atoms with Crippen molar-refractivity contribution in [2.45, 2.75) is 51.0 Å². The van der Waals surface area contributed by atoms with Gasteiger partial charge < -0.3 is 9.72 Å². The van der Waals surface area contributed by atoms with E-state index in [-0.39, 0.29) is 30.0 Å². The molecule has 0 bridgehead atoms. The van der Waals surface area contributed by atoms with E-state index in [0.717, 1.165) is 16.5 Å². The van der Waals surface area contributed by atoms with Gasteiger partial charge in [-0.3, -0.25) is 9.80 Å². The van der Waals surface area contributed by atoms with Gasteiger partial charge in [0.05, 0.1) is 12.6 Å². The predicted octanol–water partition coefficient (Wildman–Crippen LogP) is 5.23. The first-order valence-corrected chi connectivity index (χ1v) is 12.0. The second kappa shape index (κ2) is 8.92. The maximum absolute atomic E-state index is 15.7. The van der Waals surface area contributed by atoms with Crippen LogP contribution in [0, 0.1) is 24.0 Å². The average Bonchev–Trinajstić information content (AvgIpc) is 3.11. The van der Waals surface area contributed by atoms with E-state index in [9.17, 15) is 4.39 Å². The summed E-state index contributed by atoms with van der Waals surface area (Å²) in [5.41, 5.74) is 1.000. The number of ether oxygens (including phenoxy) is 1. The van der Waals surface area contributed by atoms with Crippen molar-refractivity contribution in [3.63, 3.8) is 0 Å². The molecule has 1 aromatic heterocycles. The van der Waals surface area contributed by atoms with Crippen molar-refractivity contribution in [2.24, 2.45) is 0 Å². The smallest absolute Gasteiger partial charge is 0.135 e. The molecule has 0 amide bonds. The van der Waals surface area contributed by atoms with Crippen molar-refractivity contribution >= 4 is 10.9 Å². The van der Waals surface area contributed by atoms with E-state index >= 15 is 8.78 Å². The molecule has 0 aliphatic carbocycles. The Morgan fingerprint density at radius 3 is 2.51 bits per heavy atom. The van der Waals surface area contributed by atoms with E-state index < -0.39 is 23.3 Å². The highest BCUT2D eigenvalue weighted by Crippen LogP contribution is 2.43. The summed E-state index contributed by atoms with van der Waals surface area (Å²) in [7, 11) is 0. The number of hydrogen-bond donors (Lipinski definition) is 1. The molecule has 5 rings (SSSR count). The minimum absolute atomic E-state index is 0.0395. The quantitative estimate of drug-likeness (QED) is 0.490. The van der Waals surface area contributed by atoms with Gasteiger partial charge in [-0.1, -0.05) is 24.1 Å². The number of hydrogen-bond acceptors (Lipinski definition) is 3. The lowest BCUT2D eigenvalue weighted by Crippen LogP contribution is -2.53. The van der Waals surface area contributed by atoms with Gasteiger partial charge in [0, 0.05) is 60.0 Å². The summed E-state index contributed by atoms with van der Waals surface area (Å²) in [4.78, 5) is 7.27. The number of alkyl halides is 1. The second-order valence-electron chi connectivity index (χ2n) is 10.3. The van der Waals surface area contributed by atoms with Crippen molar-refractivity contribution in [3.05, 3.63) is 64.9 Å². The molecule has 7 heteroatoms. The molecular formula is C28H30F3N3O. The summed E-state index contributed by atoms with van der Waals surface area (Å²) in [6, 6.07) is 9.40. The molecule has 3 heterocycles. The van der Waals surface area contributed by atoms with Crippen LogP contribution in [0.15, 0.2) is 36.4 Å². The van der Waals surface area contributed by atoms with Gasteiger partial charge in [0.2, 0.25) is 0 Å². The number of fused-ring (bicyclic) bond motifs is 3. The fourth-order valence-corrected chi connectivity index (χ4v) is 5.44. The van der Waals surface area contributed by atoms with E-state index in [1.165, 1.54) is 26.0 Å². The van der Waals surface area contributed by atoms with Crippen molar-refractivity contribution in [3.8, 4) is 18.1 Å². The van der Waals surface area contributed by atoms with Crippen LogP contribution in [0.1, 0.15) is 43.6 Å². The zero-order valence-corrected chi connectivity index (χ0v) is 20.2. The summed E-state index contributed by atoms with van der Waals surface area (Å²) in [5.74, 6) is 1.31. The van der Waals surface area contributed by atoms with Crippen LogP contribution in [0.2, 0.25) is 0 Å². The molecule has 2 aliphatic heterocycles. The summed E-state index contributed by atoms with van der Waals surface area (Å²) >= 11 is 0. The van der Waals surface area contributed by atoms with Gasteiger partial charge in [-0.05, 0) is 38.8 Å². The number of H-pyrrole nitrogens is 1. The molecule has 4 nitrogen and oxygen atoms in total. The lowest BCUT2D eigenvalue weighted by atomic mass is 9.87. The Bertz CT molecular complexity index is 1260. The summed E-state index contributed by atoms with van der Waals surface area (Å²) in [6.07, 6.45) is 5.82. The minimum atomic E-state index is -1.54. The molecule has 2 aromatic carbocycles. The fourth-order valence-electron chi connectivity index (χ4n) is 5.44. The molecule has 1 fully saturated rings. The van der Waals surface area contributed by atoms with E-state index in [4.69, 9.17) is 11.2 Å². The van der Waals surface area contributed by atoms with Crippen LogP contribution in [0.4, 0.5) is 13.2 Å². The third-order valence-electron chi connectivity index (χ3n) is 6.94. The van der Waals surface area contributed by atoms with Crippen molar-refractivity contribution in [2.75, 3.05) is 26.2 Å². The maximum Gasteiger partial charge on any atom is 0.135 e. The first kappa shape index (κ1) is 23.8. The zero-order valence-electron chi connectivity index (χ0n) is 20.2. The number of likely N-dealkylation sites (tertiary alicyclic amines) is 1. The molecule has 0 saturated carbocycles. The topological polar surface area (TPSA) is 31.5 Å². The summed E-state index contributed by atoms with van der Waals surface area (Å²) in [6.45, 7) is 6.76. The fraction of sp³-hybridized carbons (Fsp3) is 0.429. The van der Waals surface area contributed by atoms with Gasteiger partial charge in [0.1, 0.15) is 29.2 Å². The van der Waals surface area contributed by atoms with E-state index in [1.807, 2.05) is 41.0 Å². The van der Waals surface area contributed by atoms with Gasteiger partial charge in [-0.25, -0.2) is 13.2 Å². The summed E-state index contributed by atoms with van der Waals surface area (Å²) < 4.78 is 52.0. The van der Waals surface area contributed by atoms with Crippen LogP contribution >= 0.6 is 0 Å². The van der Waals surface area contributed by atoms with Gasteiger partial charge >= 0.3 is 0 Å². The molecular weight excluding hydrogens is 451 g/mol. The highest BCUT2D eigenvalue weighted by atomic mass is 19.1. The lowest BCUT2D eigenvalue weighted by molar-refractivity contribution is 0.0290. The Hall–Kier alpha value is -2.95. The first-order valence-electron chi connectivity index (χ1n) is 12.0. The second-order valence-corrected chi connectivity index (χ2v) is 10.3. The van der Waals surface area contributed by atoms with E-state index in [1.54, 1.807) is 0 Å². The minimum Gasteiger partial charge on any atom is -0.488 e. The van der Waals surface area contributed by atoms with Crippen molar-refractivity contribution in [1.29, 1.82) is 0 Å². The average molecular weight is 482 g/mol. The van der Waals surface area contributed by atoms with Gasteiger partial charge in [0.25, 0.3) is 0 Å². The third-order valence-corrected chi connectivity index (χ3v) is 6.94. The number of nitrogens with zero attached hydrogens (tertiary/aromatic N) is 2. The van der Waals surface area contributed by atoms with Gasteiger partial charge in [-0.15, -0.1) is 6.42 Å². The third kappa shape index (κ3) is 4.53. The van der Waals surface area contributed by atoms with Crippen molar-refractivity contribution in [1.82, 2.24) is 14.8 Å². The molecule has 2 atom stereocenters. The van der Waals surface area contributed by atoms with Gasteiger partial charge in [0.15, 0.2) is 0 Å². The van der Waals surface area contributed by atoms with E-state index in [2.05, 4.69) is 10.9 Å². The highest BCUT2D eigenvalue weighted by molar-refractivity contribution is 5.85. The van der Waals surface area contributed by atoms with E-state index in [0.29, 0.717) is 31.7 Å². The van der Waals surface area contributed by atoms with Crippen LogP contribution in [-0.4, -0.2) is 58.8 Å². The molecule has 184 valence electrons. The Morgan fingerprint density at radius 1 is 1.17 bits per heavy atom. The van der Waals surface area contributed by atoms with Crippen molar-refractivity contribution < 1.29 is 17.9 Å². The molecule has 3 aromatic rings. The number of aromatic amines is 1. The highest BCUT2D eigenvalue weighted by Gasteiger charge is 2.41. The Balaban J connectivity index is 1.54. The maximum atomic E-state index is 15.7. The number of rotatable bonds is 6. The monoisotopic (exact) mass is 481 g/mol. The Labute approximate surface area is 204 Å². The largest absolute Gasteiger partial charge is 0.488 e. The standard InChI is InChI=1S/C28H30F3N3O/c1-5-10-33-14-19(15-33)35-18-12-22(29)25(23(30)13-18)27-26-21(20-8-6-7-9-24(20)32-26)11-17(2)34(27)16-28(3,4)31/h1,6-9,12-13,17,19,27,32H,10-11,14-16H2,2-4H3/t17-,27-/m1/s1. The predicted molar refractivity (Wildman–Crippen MR) is 131 cm³/mol. The number of benzene rings is 2. The molecule has 0 spiro atoms. The normalized spacial score (nSPS) is 21.5. The molecule has 0 unspecified atom stereocenters. The zero-order chi connectivity index (χ0) is 24.9. The Kier molecular flexibility index (Phi) is 6.06. The number of para-hydroxylation sites is 1. The van der Waals surface area contributed by atoms with Crippen LogP contribution in [0.3, 0.4) is 0 Å². The van der Waals surface area contributed by atoms with Crippen LogP contribution in [0.5, 0.6) is 5.75 Å². The molecule has 1 N–H and O–H groups in total. The number of halogens is 3.